The molecule has 0 unspecified atom stereocenters. The molecule has 88 valence electrons. The molecule has 3 nitrogen and oxygen atoms in total. The van der Waals surface area contributed by atoms with Crippen LogP contribution in [0.2, 0.25) is 0 Å². The van der Waals surface area contributed by atoms with Crippen LogP contribution >= 0.6 is 0 Å². The first-order chi connectivity index (χ1) is 7.64. The van der Waals surface area contributed by atoms with Crippen molar-refractivity contribution in [2.75, 3.05) is 14.2 Å². The second-order valence-electron chi connectivity index (χ2n) is 4.15. The fourth-order valence-electron chi connectivity index (χ4n) is 1.86. The molecule has 2 N–H and O–H groups in total. The normalized spacial score (nSPS) is 17.0. The number of ether oxygens (including phenoxy) is 2. The molecule has 16 heavy (non-hydrogen) atoms. The third kappa shape index (κ3) is 1.73. The van der Waals surface area contributed by atoms with Gasteiger partial charge in [-0.15, -0.1) is 0 Å². The molecule has 4 heteroatoms. The van der Waals surface area contributed by atoms with Gasteiger partial charge in [0.25, 0.3) is 0 Å². The molecule has 0 radical (unpaired) electrons. The zero-order valence-corrected chi connectivity index (χ0v) is 9.55. The van der Waals surface area contributed by atoms with Gasteiger partial charge in [-0.2, -0.15) is 0 Å². The first kappa shape index (κ1) is 11.2. The Balaban J connectivity index is 2.51. The molecule has 1 fully saturated rings. The molecule has 0 atom stereocenters. The molecular formula is C12H16FNO2. The Morgan fingerprint density at radius 3 is 2.31 bits per heavy atom. The average molecular weight is 225 g/mol. The van der Waals surface area contributed by atoms with E-state index in [1.165, 1.54) is 7.11 Å². The van der Waals surface area contributed by atoms with Crippen molar-refractivity contribution >= 4 is 0 Å². The summed E-state index contributed by atoms with van der Waals surface area (Å²) in [5, 5.41) is 0. The van der Waals surface area contributed by atoms with Crippen molar-refractivity contribution in [1.82, 2.24) is 0 Å². The summed E-state index contributed by atoms with van der Waals surface area (Å²) < 4.78 is 23.2. The van der Waals surface area contributed by atoms with Gasteiger partial charge < -0.3 is 15.2 Å². The van der Waals surface area contributed by atoms with Crippen molar-refractivity contribution in [3.05, 3.63) is 23.3 Å². The van der Waals surface area contributed by atoms with Crippen LogP contribution in [0.15, 0.2) is 12.1 Å². The van der Waals surface area contributed by atoms with Crippen LogP contribution in [0.5, 0.6) is 11.5 Å². The molecule has 0 spiro atoms. The second-order valence-corrected chi connectivity index (χ2v) is 4.15. The van der Waals surface area contributed by atoms with Gasteiger partial charge in [0.15, 0.2) is 0 Å². The maximum Gasteiger partial charge on any atom is 0.128 e. The molecule has 0 amide bonds. The van der Waals surface area contributed by atoms with Crippen molar-refractivity contribution in [2.45, 2.75) is 25.1 Å². The molecule has 0 bridgehead atoms. The molecule has 0 saturated heterocycles. The Morgan fingerprint density at radius 2 is 1.88 bits per heavy atom. The highest BCUT2D eigenvalue weighted by Gasteiger charge is 2.42. The van der Waals surface area contributed by atoms with E-state index in [0.29, 0.717) is 17.1 Å². The van der Waals surface area contributed by atoms with Crippen molar-refractivity contribution in [3.8, 4) is 11.5 Å². The minimum atomic E-state index is -0.559. The number of alkyl halides is 1. The van der Waals surface area contributed by atoms with Crippen LogP contribution in [0.4, 0.5) is 4.39 Å². The van der Waals surface area contributed by atoms with Gasteiger partial charge in [-0.05, 0) is 18.9 Å². The molecule has 1 aliphatic rings. The van der Waals surface area contributed by atoms with Crippen molar-refractivity contribution < 1.29 is 13.9 Å². The fraction of sp³-hybridized carbons (Fsp3) is 0.500. The molecule has 1 saturated carbocycles. The van der Waals surface area contributed by atoms with Gasteiger partial charge in [-0.25, -0.2) is 4.39 Å². The Hall–Kier alpha value is -1.29. The molecule has 1 aliphatic carbocycles. The van der Waals surface area contributed by atoms with E-state index in [2.05, 4.69) is 0 Å². The SMILES string of the molecule is COc1cc(OC)c(C2(N)CC2)cc1CF. The summed E-state index contributed by atoms with van der Waals surface area (Å²) in [5.41, 5.74) is 7.19. The number of halogens is 1. The van der Waals surface area contributed by atoms with Gasteiger partial charge >= 0.3 is 0 Å². The van der Waals surface area contributed by atoms with Crippen molar-refractivity contribution in [2.24, 2.45) is 5.73 Å². The van der Waals surface area contributed by atoms with E-state index in [9.17, 15) is 4.39 Å². The van der Waals surface area contributed by atoms with E-state index in [0.717, 1.165) is 18.4 Å². The number of nitrogens with two attached hydrogens (primary N) is 1. The van der Waals surface area contributed by atoms with Crippen LogP contribution in [0.3, 0.4) is 0 Å². The fourth-order valence-corrected chi connectivity index (χ4v) is 1.86. The minimum Gasteiger partial charge on any atom is -0.496 e. The molecule has 0 heterocycles. The topological polar surface area (TPSA) is 44.5 Å². The first-order valence-corrected chi connectivity index (χ1v) is 5.25. The van der Waals surface area contributed by atoms with Crippen LogP contribution in [0.25, 0.3) is 0 Å². The standard InChI is InChI=1S/C12H16FNO2/c1-15-10-6-11(16-2)9(5-8(10)7-13)12(14)3-4-12/h5-6H,3-4,7,14H2,1-2H3. The lowest BCUT2D eigenvalue weighted by Crippen LogP contribution is -2.20. The predicted molar refractivity (Wildman–Crippen MR) is 59.5 cm³/mol. The molecule has 1 aromatic carbocycles. The largest absolute Gasteiger partial charge is 0.496 e. The van der Waals surface area contributed by atoms with E-state index in [1.807, 2.05) is 0 Å². The van der Waals surface area contributed by atoms with Gasteiger partial charge in [0, 0.05) is 22.7 Å². The first-order valence-electron chi connectivity index (χ1n) is 5.25. The third-order valence-corrected chi connectivity index (χ3v) is 3.07. The highest BCUT2D eigenvalue weighted by atomic mass is 19.1. The summed E-state index contributed by atoms with van der Waals surface area (Å²) >= 11 is 0. The van der Waals surface area contributed by atoms with Crippen molar-refractivity contribution in [1.29, 1.82) is 0 Å². The number of methoxy groups -OCH3 is 2. The van der Waals surface area contributed by atoms with E-state index in [4.69, 9.17) is 15.2 Å². The molecular weight excluding hydrogens is 209 g/mol. The minimum absolute atomic E-state index is 0.332. The lowest BCUT2D eigenvalue weighted by Gasteiger charge is -2.17. The summed E-state index contributed by atoms with van der Waals surface area (Å²) in [7, 11) is 3.10. The highest BCUT2D eigenvalue weighted by molar-refractivity contribution is 5.51. The zero-order chi connectivity index (χ0) is 11.8. The third-order valence-electron chi connectivity index (χ3n) is 3.07. The lowest BCUT2D eigenvalue weighted by molar-refractivity contribution is 0.376. The van der Waals surface area contributed by atoms with Gasteiger partial charge in [-0.1, -0.05) is 0 Å². The number of benzene rings is 1. The van der Waals surface area contributed by atoms with E-state index in [1.54, 1.807) is 19.2 Å². The van der Waals surface area contributed by atoms with Gasteiger partial charge in [-0.3, -0.25) is 0 Å². The van der Waals surface area contributed by atoms with E-state index >= 15 is 0 Å². The van der Waals surface area contributed by atoms with Crippen LogP contribution in [0, 0.1) is 0 Å². The molecule has 0 aliphatic heterocycles. The Bertz CT molecular complexity index is 402. The predicted octanol–water partition coefficient (Wildman–Crippen LogP) is 2.12. The summed E-state index contributed by atoms with van der Waals surface area (Å²) in [4.78, 5) is 0. The smallest absolute Gasteiger partial charge is 0.128 e. The maximum atomic E-state index is 12.8. The maximum absolute atomic E-state index is 12.8. The quantitative estimate of drug-likeness (QED) is 0.853. The van der Waals surface area contributed by atoms with Crippen LogP contribution in [0.1, 0.15) is 24.0 Å². The summed E-state index contributed by atoms with van der Waals surface area (Å²) in [6.07, 6.45) is 1.84. The van der Waals surface area contributed by atoms with Crippen LogP contribution in [-0.2, 0) is 12.2 Å². The Kier molecular flexibility index (Phi) is 2.76. The zero-order valence-electron chi connectivity index (χ0n) is 9.55. The van der Waals surface area contributed by atoms with Crippen LogP contribution in [-0.4, -0.2) is 14.2 Å². The monoisotopic (exact) mass is 225 g/mol. The number of rotatable bonds is 4. The van der Waals surface area contributed by atoms with E-state index < -0.39 is 6.67 Å². The van der Waals surface area contributed by atoms with Gasteiger partial charge in [0.2, 0.25) is 0 Å². The summed E-state index contributed by atoms with van der Waals surface area (Å²) in [6.45, 7) is -0.559. The molecule has 2 rings (SSSR count). The number of hydrogen-bond donors (Lipinski definition) is 1. The second kappa shape index (κ2) is 3.94. The Morgan fingerprint density at radius 1 is 1.25 bits per heavy atom. The Labute approximate surface area is 94.3 Å². The molecule has 1 aromatic rings. The van der Waals surface area contributed by atoms with Gasteiger partial charge in [0.05, 0.1) is 14.2 Å². The highest BCUT2D eigenvalue weighted by Crippen LogP contribution is 2.48. The van der Waals surface area contributed by atoms with Crippen molar-refractivity contribution in [3.63, 3.8) is 0 Å². The molecule has 0 aromatic heterocycles. The van der Waals surface area contributed by atoms with Crippen LogP contribution < -0.4 is 15.2 Å². The van der Waals surface area contributed by atoms with Gasteiger partial charge in [0.1, 0.15) is 18.2 Å². The summed E-state index contributed by atoms with van der Waals surface area (Å²) in [6, 6.07) is 3.46. The lowest BCUT2D eigenvalue weighted by atomic mass is 10.0. The van der Waals surface area contributed by atoms with E-state index in [-0.39, 0.29) is 5.54 Å². The average Bonchev–Trinajstić information content (AvgIpc) is 3.06. The number of hydrogen-bond acceptors (Lipinski definition) is 3. The summed E-state index contributed by atoms with van der Waals surface area (Å²) in [5.74, 6) is 1.18.